The zero-order valence-electron chi connectivity index (χ0n) is 21.1. The number of nitrogens with one attached hydrogen (secondary N) is 1. The second-order valence-electron chi connectivity index (χ2n) is 10.3. The summed E-state index contributed by atoms with van der Waals surface area (Å²) in [6.45, 7) is 9.92. The van der Waals surface area contributed by atoms with Crippen molar-refractivity contribution in [2.75, 3.05) is 11.9 Å². The Morgan fingerprint density at radius 3 is 2.75 bits per heavy atom. The number of amides is 1. The summed E-state index contributed by atoms with van der Waals surface area (Å²) in [5, 5.41) is 3.29. The van der Waals surface area contributed by atoms with Gasteiger partial charge in [-0.2, -0.15) is 0 Å². The number of fused-ring (bicyclic) bond motifs is 1. The monoisotopic (exact) mass is 504 g/mol. The zero-order chi connectivity index (χ0) is 26.5. The van der Waals surface area contributed by atoms with Crippen molar-refractivity contribution in [3.63, 3.8) is 0 Å². The molecule has 3 rings (SSSR count). The van der Waals surface area contributed by atoms with Crippen LogP contribution in [-0.4, -0.2) is 28.4 Å². The molecule has 0 saturated heterocycles. The first kappa shape index (κ1) is 27.5. The molecule has 1 aromatic carbocycles. The van der Waals surface area contributed by atoms with Crippen molar-refractivity contribution in [3.8, 4) is 0 Å². The van der Waals surface area contributed by atoms with E-state index in [2.05, 4.69) is 42.0 Å². The molecule has 1 aliphatic carbocycles. The number of benzene rings is 1. The molecule has 1 heterocycles. The Kier molecular flexibility index (Phi) is 8.66. The number of aromatic nitrogens is 2. The number of nitrogens with zero attached hydrogens (tertiary/aromatic N) is 2. The maximum Gasteiger partial charge on any atom is 0.522 e. The van der Waals surface area contributed by atoms with Crippen molar-refractivity contribution >= 4 is 22.9 Å². The van der Waals surface area contributed by atoms with Crippen LogP contribution in [0.2, 0.25) is 0 Å². The number of aryl methyl sites for hydroxylation is 1. The molecule has 1 amide bonds. The molecule has 2 aromatic rings. The fourth-order valence-electron chi connectivity index (χ4n) is 5.23. The van der Waals surface area contributed by atoms with E-state index in [1.807, 2.05) is 18.2 Å². The number of allylic oxidation sites excluding steroid dienone is 3. The highest BCUT2D eigenvalue weighted by atomic mass is 19.4. The third-order valence-electron chi connectivity index (χ3n) is 6.34. The SMILES string of the molecule is C=C/C=C(\C=C/COC(F)(F)F)Nc1nc2cc(CCC(N)=O)ccc2n1C1C[C@H](C)CC(C)(C)C1. The molecule has 3 N–H and O–H groups in total. The van der Waals surface area contributed by atoms with E-state index in [0.29, 0.717) is 24.0 Å². The summed E-state index contributed by atoms with van der Waals surface area (Å²) in [5.41, 5.74) is 8.70. The zero-order valence-corrected chi connectivity index (χ0v) is 21.1. The lowest BCUT2D eigenvalue weighted by molar-refractivity contribution is -0.319. The molecular formula is C27H35F3N4O2. The van der Waals surface area contributed by atoms with Gasteiger partial charge in [0.15, 0.2) is 0 Å². The summed E-state index contributed by atoms with van der Waals surface area (Å²) in [5.74, 6) is 0.768. The Labute approximate surface area is 210 Å². The van der Waals surface area contributed by atoms with Crippen LogP contribution in [0, 0.1) is 11.3 Å². The molecule has 1 aromatic heterocycles. The largest absolute Gasteiger partial charge is 0.522 e. The summed E-state index contributed by atoms with van der Waals surface area (Å²) in [7, 11) is 0. The van der Waals surface area contributed by atoms with Crippen LogP contribution in [0.1, 0.15) is 58.1 Å². The van der Waals surface area contributed by atoms with Gasteiger partial charge in [0.25, 0.3) is 0 Å². The lowest BCUT2D eigenvalue weighted by atomic mass is 9.70. The number of rotatable bonds is 10. The van der Waals surface area contributed by atoms with Crippen LogP contribution in [-0.2, 0) is 16.0 Å². The smallest absolute Gasteiger partial charge is 0.370 e. The van der Waals surface area contributed by atoms with Crippen molar-refractivity contribution in [1.82, 2.24) is 9.55 Å². The van der Waals surface area contributed by atoms with Gasteiger partial charge in [-0.1, -0.05) is 45.6 Å². The maximum absolute atomic E-state index is 12.3. The second kappa shape index (κ2) is 11.3. The molecule has 2 atom stereocenters. The predicted molar refractivity (Wildman–Crippen MR) is 136 cm³/mol. The fourth-order valence-corrected chi connectivity index (χ4v) is 5.23. The number of anilines is 1. The Hall–Kier alpha value is -3.07. The van der Waals surface area contributed by atoms with Crippen molar-refractivity contribution < 1.29 is 22.7 Å². The first-order valence-corrected chi connectivity index (χ1v) is 12.1. The second-order valence-corrected chi connectivity index (χ2v) is 10.3. The number of carbonyl (C=O) groups excluding carboxylic acids is 1. The lowest BCUT2D eigenvalue weighted by Crippen LogP contribution is -2.30. The molecule has 196 valence electrons. The number of imidazole rings is 1. The van der Waals surface area contributed by atoms with Crippen LogP contribution >= 0.6 is 0 Å². The number of hydrogen-bond donors (Lipinski definition) is 2. The van der Waals surface area contributed by atoms with Crippen molar-refractivity contribution in [1.29, 1.82) is 0 Å². The van der Waals surface area contributed by atoms with Crippen LogP contribution in [0.25, 0.3) is 11.0 Å². The van der Waals surface area contributed by atoms with Crippen LogP contribution in [0.4, 0.5) is 19.1 Å². The number of halogens is 3. The van der Waals surface area contributed by atoms with Crippen LogP contribution in [0.5, 0.6) is 0 Å². The van der Waals surface area contributed by atoms with E-state index in [0.717, 1.165) is 35.9 Å². The first-order valence-electron chi connectivity index (χ1n) is 12.1. The first-order chi connectivity index (χ1) is 16.9. The Morgan fingerprint density at radius 2 is 2.11 bits per heavy atom. The third kappa shape index (κ3) is 7.71. The van der Waals surface area contributed by atoms with Crippen LogP contribution < -0.4 is 11.1 Å². The highest BCUT2D eigenvalue weighted by molar-refractivity contribution is 5.80. The van der Waals surface area contributed by atoms with Gasteiger partial charge in [-0.05, 0) is 66.9 Å². The van der Waals surface area contributed by atoms with Gasteiger partial charge >= 0.3 is 6.36 Å². The Balaban J connectivity index is 1.99. The normalized spacial score (nSPS) is 20.7. The molecule has 1 aliphatic rings. The minimum atomic E-state index is -4.69. The van der Waals surface area contributed by atoms with E-state index in [4.69, 9.17) is 10.7 Å². The van der Waals surface area contributed by atoms with Crippen LogP contribution in [0.3, 0.4) is 0 Å². The number of primary amides is 1. The summed E-state index contributed by atoms with van der Waals surface area (Å²) in [4.78, 5) is 16.1. The molecular weight excluding hydrogens is 469 g/mol. The number of carbonyl (C=O) groups is 1. The molecule has 1 fully saturated rings. The minimum Gasteiger partial charge on any atom is -0.370 e. The van der Waals surface area contributed by atoms with Gasteiger partial charge in [-0.25, -0.2) is 4.98 Å². The van der Waals surface area contributed by atoms with Crippen molar-refractivity contribution in [3.05, 3.63) is 60.3 Å². The third-order valence-corrected chi connectivity index (χ3v) is 6.34. The molecule has 1 unspecified atom stereocenters. The van der Waals surface area contributed by atoms with Gasteiger partial charge in [0.2, 0.25) is 11.9 Å². The summed E-state index contributed by atoms with van der Waals surface area (Å²) >= 11 is 0. The number of hydrogen-bond acceptors (Lipinski definition) is 4. The van der Waals surface area contributed by atoms with Gasteiger partial charge < -0.3 is 15.6 Å². The Morgan fingerprint density at radius 1 is 1.36 bits per heavy atom. The summed E-state index contributed by atoms with van der Waals surface area (Å²) in [6.07, 6.45) is 5.21. The average Bonchev–Trinajstić information content (AvgIpc) is 3.10. The number of ether oxygens (including phenoxy) is 1. The van der Waals surface area contributed by atoms with E-state index in [1.54, 1.807) is 12.2 Å². The molecule has 0 radical (unpaired) electrons. The molecule has 36 heavy (non-hydrogen) atoms. The van der Waals surface area contributed by atoms with E-state index in [-0.39, 0.29) is 23.8 Å². The summed E-state index contributed by atoms with van der Waals surface area (Å²) in [6, 6.07) is 6.15. The van der Waals surface area contributed by atoms with Crippen molar-refractivity contribution in [2.45, 2.75) is 65.3 Å². The van der Waals surface area contributed by atoms with Crippen molar-refractivity contribution in [2.24, 2.45) is 17.1 Å². The number of nitrogens with two attached hydrogens (primary N) is 1. The highest BCUT2D eigenvalue weighted by Crippen LogP contribution is 2.46. The van der Waals surface area contributed by atoms with E-state index in [1.165, 1.54) is 12.2 Å². The molecule has 0 spiro atoms. The maximum atomic E-state index is 12.3. The predicted octanol–water partition coefficient (Wildman–Crippen LogP) is 6.42. The highest BCUT2D eigenvalue weighted by Gasteiger charge is 2.34. The van der Waals surface area contributed by atoms with Gasteiger partial charge in [-0.15, -0.1) is 13.2 Å². The molecule has 1 saturated carbocycles. The van der Waals surface area contributed by atoms with E-state index >= 15 is 0 Å². The Bertz CT molecular complexity index is 1150. The van der Waals surface area contributed by atoms with Gasteiger partial charge in [0, 0.05) is 18.2 Å². The topological polar surface area (TPSA) is 82.2 Å². The number of alkyl halides is 3. The lowest BCUT2D eigenvalue weighted by Gasteiger charge is -2.40. The van der Waals surface area contributed by atoms with Gasteiger partial charge in [-0.3, -0.25) is 9.53 Å². The quantitative estimate of drug-likeness (QED) is 0.366. The molecule has 0 aliphatic heterocycles. The minimum absolute atomic E-state index is 0.159. The average molecular weight is 505 g/mol. The van der Waals surface area contributed by atoms with Crippen LogP contribution in [0.15, 0.2) is 54.8 Å². The van der Waals surface area contributed by atoms with Gasteiger partial charge in [0.05, 0.1) is 17.6 Å². The molecule has 9 heteroatoms. The fraction of sp³-hybridized carbons (Fsp3) is 0.481. The standard InChI is InChI=1S/C27H35F3N4O2/c1-5-7-20(8-6-13-36-27(28,29)30)32-25-33-22-15-19(10-12-24(31)35)9-11-23(22)34(25)21-14-18(2)16-26(3,4)17-21/h5-9,11,15,18,21H,1,10,12-14,16-17H2,2-4H3,(H2,31,35)(H,32,33)/b8-6-,20-7+/t18-,21?/m0/s1. The summed E-state index contributed by atoms with van der Waals surface area (Å²) < 4.78 is 43.0. The van der Waals surface area contributed by atoms with Gasteiger partial charge in [0.1, 0.15) is 0 Å². The van der Waals surface area contributed by atoms with E-state index < -0.39 is 13.0 Å². The molecule has 0 bridgehead atoms. The van der Waals surface area contributed by atoms with E-state index in [9.17, 15) is 18.0 Å². The molecule has 6 nitrogen and oxygen atoms in total.